The van der Waals surface area contributed by atoms with E-state index in [1.54, 1.807) is 20.8 Å². The SMILES string of the molecule is C[C@@H]1C(C(F)(F)F)=CN(C(=O)OC(C)(C)C)[C@H]1CO[Si](C)(C)C(C)(C)C. The largest absolute Gasteiger partial charge is 0.443 e. The number of nitrogens with zero attached hydrogens (tertiary/aromatic N) is 1. The molecule has 0 saturated heterocycles. The summed E-state index contributed by atoms with van der Waals surface area (Å²) in [4.78, 5) is 13.5. The molecule has 0 N–H and O–H groups in total. The van der Waals surface area contributed by atoms with Crippen molar-refractivity contribution >= 4 is 14.4 Å². The van der Waals surface area contributed by atoms with Crippen molar-refractivity contribution in [3.8, 4) is 0 Å². The van der Waals surface area contributed by atoms with E-state index in [2.05, 4.69) is 20.8 Å². The van der Waals surface area contributed by atoms with Gasteiger partial charge in [-0.2, -0.15) is 13.2 Å². The second kappa shape index (κ2) is 7.18. The highest BCUT2D eigenvalue weighted by Crippen LogP contribution is 2.42. The molecular weight excluding hydrogens is 363 g/mol. The van der Waals surface area contributed by atoms with Crippen LogP contribution in [0.15, 0.2) is 11.8 Å². The zero-order valence-corrected chi connectivity index (χ0v) is 18.2. The van der Waals surface area contributed by atoms with Crippen molar-refractivity contribution in [3.05, 3.63) is 11.8 Å². The number of carbonyl (C=O) groups is 1. The average Bonchev–Trinajstić information content (AvgIpc) is 2.70. The third-order valence-corrected chi connectivity index (χ3v) is 9.56. The van der Waals surface area contributed by atoms with Gasteiger partial charge in [-0.25, -0.2) is 4.79 Å². The molecule has 0 aromatic carbocycles. The molecule has 4 nitrogen and oxygen atoms in total. The van der Waals surface area contributed by atoms with Gasteiger partial charge in [0.05, 0.1) is 18.2 Å². The number of hydrogen-bond acceptors (Lipinski definition) is 3. The third kappa shape index (κ3) is 5.49. The Morgan fingerprint density at radius 1 is 1.15 bits per heavy atom. The molecule has 2 atom stereocenters. The van der Waals surface area contributed by atoms with E-state index in [9.17, 15) is 18.0 Å². The summed E-state index contributed by atoms with van der Waals surface area (Å²) in [6, 6.07) is -0.740. The molecule has 1 aliphatic heterocycles. The normalized spacial score (nSPS) is 22.5. The monoisotopic (exact) mass is 395 g/mol. The number of rotatable bonds is 3. The third-order valence-electron chi connectivity index (χ3n) is 5.06. The molecule has 0 bridgehead atoms. The van der Waals surface area contributed by atoms with E-state index in [4.69, 9.17) is 9.16 Å². The number of amides is 1. The molecule has 0 aromatic heterocycles. The van der Waals surface area contributed by atoms with Crippen LogP contribution in [0.25, 0.3) is 0 Å². The summed E-state index contributed by atoms with van der Waals surface area (Å²) in [7, 11) is -2.16. The van der Waals surface area contributed by atoms with E-state index in [1.807, 2.05) is 13.1 Å². The lowest BCUT2D eigenvalue weighted by Gasteiger charge is -2.38. The average molecular weight is 396 g/mol. The summed E-state index contributed by atoms with van der Waals surface area (Å²) in [5.74, 6) is -0.882. The van der Waals surface area contributed by atoms with Crippen LogP contribution in [-0.2, 0) is 9.16 Å². The second-order valence-corrected chi connectivity index (χ2v) is 14.2. The zero-order chi connectivity index (χ0) is 20.7. The number of alkyl halides is 3. The molecule has 1 aliphatic rings. The molecule has 26 heavy (non-hydrogen) atoms. The topological polar surface area (TPSA) is 38.8 Å². The highest BCUT2D eigenvalue weighted by molar-refractivity contribution is 6.74. The maximum atomic E-state index is 13.3. The fourth-order valence-corrected chi connectivity index (χ4v) is 3.40. The van der Waals surface area contributed by atoms with Crippen LogP contribution in [0, 0.1) is 5.92 Å². The molecule has 8 heteroatoms. The van der Waals surface area contributed by atoms with Crippen LogP contribution in [0.1, 0.15) is 48.5 Å². The van der Waals surface area contributed by atoms with Gasteiger partial charge < -0.3 is 9.16 Å². The molecule has 0 saturated carbocycles. The minimum atomic E-state index is -4.49. The second-order valence-electron chi connectivity index (χ2n) is 9.40. The van der Waals surface area contributed by atoms with Crippen molar-refractivity contribution in [1.29, 1.82) is 0 Å². The van der Waals surface area contributed by atoms with Crippen molar-refractivity contribution in [2.75, 3.05) is 6.61 Å². The first-order chi connectivity index (χ1) is 11.4. The van der Waals surface area contributed by atoms with Crippen LogP contribution in [0.4, 0.5) is 18.0 Å². The van der Waals surface area contributed by atoms with Crippen LogP contribution in [-0.4, -0.2) is 43.7 Å². The molecule has 0 radical (unpaired) electrons. The fourth-order valence-electron chi connectivity index (χ4n) is 2.38. The first-order valence-corrected chi connectivity index (χ1v) is 11.7. The highest BCUT2D eigenvalue weighted by atomic mass is 28.4. The Labute approximate surface area is 155 Å². The smallest absolute Gasteiger partial charge is 0.414 e. The first-order valence-electron chi connectivity index (χ1n) is 8.81. The summed E-state index contributed by atoms with van der Waals surface area (Å²) in [5, 5.41) is -0.0775. The van der Waals surface area contributed by atoms with E-state index in [-0.39, 0.29) is 11.6 Å². The molecular formula is C18H32F3NO3Si. The Morgan fingerprint density at radius 2 is 1.65 bits per heavy atom. The van der Waals surface area contributed by atoms with E-state index in [1.165, 1.54) is 6.92 Å². The van der Waals surface area contributed by atoms with Crippen LogP contribution in [0.2, 0.25) is 18.1 Å². The standard InChI is InChI=1S/C18H32F3NO3Si/c1-12-13(18(19,20)21)10-22(15(23)25-16(2,3)4)14(12)11-24-26(8,9)17(5,6)7/h10,12,14H,11H2,1-9H3/t12-,14+/m1/s1. The quantitative estimate of drug-likeness (QED) is 0.575. The molecule has 0 unspecified atom stereocenters. The maximum Gasteiger partial charge on any atom is 0.414 e. The van der Waals surface area contributed by atoms with Crippen LogP contribution < -0.4 is 0 Å². The lowest BCUT2D eigenvalue weighted by Crippen LogP contribution is -2.47. The van der Waals surface area contributed by atoms with Crippen LogP contribution >= 0.6 is 0 Å². The molecule has 152 valence electrons. The van der Waals surface area contributed by atoms with Gasteiger partial charge in [-0.05, 0) is 38.9 Å². The minimum absolute atomic E-state index is 0.0486. The number of halogens is 3. The van der Waals surface area contributed by atoms with Gasteiger partial charge in [0.1, 0.15) is 5.60 Å². The van der Waals surface area contributed by atoms with Crippen molar-refractivity contribution < 1.29 is 27.1 Å². The Bertz CT molecular complexity index is 559. The van der Waals surface area contributed by atoms with Gasteiger partial charge in [-0.3, -0.25) is 4.90 Å². The van der Waals surface area contributed by atoms with E-state index in [0.29, 0.717) is 0 Å². The predicted octanol–water partition coefficient (Wildman–Crippen LogP) is 5.71. The summed E-state index contributed by atoms with van der Waals surface area (Å²) in [5.41, 5.74) is -1.52. The molecule has 0 aliphatic carbocycles. The number of carbonyl (C=O) groups excluding carboxylic acids is 1. The van der Waals surface area contributed by atoms with E-state index in [0.717, 1.165) is 11.1 Å². The Morgan fingerprint density at radius 3 is 2.04 bits per heavy atom. The molecule has 0 aromatic rings. The van der Waals surface area contributed by atoms with Gasteiger partial charge in [0.25, 0.3) is 0 Å². The van der Waals surface area contributed by atoms with Gasteiger partial charge in [-0.1, -0.05) is 27.7 Å². The first kappa shape index (κ1) is 23.0. The van der Waals surface area contributed by atoms with Crippen LogP contribution in [0.3, 0.4) is 0 Å². The Hall–Kier alpha value is -1.02. The maximum absolute atomic E-state index is 13.3. The predicted molar refractivity (Wildman–Crippen MR) is 98.3 cm³/mol. The van der Waals surface area contributed by atoms with Gasteiger partial charge in [0, 0.05) is 12.1 Å². The number of ether oxygens (including phenoxy) is 1. The molecule has 0 fully saturated rings. The summed E-state index contributed by atoms with van der Waals surface area (Å²) < 4.78 is 51.4. The Kier molecular flexibility index (Phi) is 6.36. The van der Waals surface area contributed by atoms with Gasteiger partial charge >= 0.3 is 12.3 Å². The van der Waals surface area contributed by atoms with Crippen molar-refractivity contribution in [3.63, 3.8) is 0 Å². The fraction of sp³-hybridized carbons (Fsp3) is 0.833. The number of hydrogen-bond donors (Lipinski definition) is 0. The van der Waals surface area contributed by atoms with E-state index < -0.39 is 43.7 Å². The van der Waals surface area contributed by atoms with Gasteiger partial charge in [0.15, 0.2) is 8.32 Å². The van der Waals surface area contributed by atoms with Crippen molar-refractivity contribution in [1.82, 2.24) is 4.90 Å². The van der Waals surface area contributed by atoms with E-state index >= 15 is 0 Å². The molecule has 1 amide bonds. The molecule has 1 heterocycles. The van der Waals surface area contributed by atoms with Gasteiger partial charge in [0.2, 0.25) is 0 Å². The highest BCUT2D eigenvalue weighted by Gasteiger charge is 2.49. The van der Waals surface area contributed by atoms with Crippen molar-refractivity contribution in [2.45, 2.75) is 84.4 Å². The van der Waals surface area contributed by atoms with Crippen LogP contribution in [0.5, 0.6) is 0 Å². The minimum Gasteiger partial charge on any atom is -0.443 e. The van der Waals surface area contributed by atoms with Crippen molar-refractivity contribution in [2.24, 2.45) is 5.92 Å². The Balaban J connectivity index is 3.08. The summed E-state index contributed by atoms with van der Waals surface area (Å²) in [6.07, 6.45) is -4.41. The molecule has 1 rings (SSSR count). The molecule has 0 spiro atoms. The summed E-state index contributed by atoms with van der Waals surface area (Å²) in [6.45, 7) is 16.8. The lowest BCUT2D eigenvalue weighted by atomic mass is 9.97. The zero-order valence-electron chi connectivity index (χ0n) is 17.2. The van der Waals surface area contributed by atoms with Gasteiger partial charge in [-0.15, -0.1) is 0 Å². The lowest BCUT2D eigenvalue weighted by molar-refractivity contribution is -0.0980. The summed E-state index contributed by atoms with van der Waals surface area (Å²) >= 11 is 0.